The van der Waals surface area contributed by atoms with Crippen molar-refractivity contribution < 1.29 is 9.53 Å². The molecule has 2 aromatic rings. The molecule has 3 N–H and O–H groups in total. The predicted molar refractivity (Wildman–Crippen MR) is 103 cm³/mol. The van der Waals surface area contributed by atoms with Crippen LogP contribution >= 0.6 is 0 Å². The lowest BCUT2D eigenvalue weighted by Gasteiger charge is -2.30. The molecule has 5 heteroatoms. The first kappa shape index (κ1) is 18.4. The molecule has 0 spiro atoms. The van der Waals surface area contributed by atoms with Crippen LogP contribution in [0.1, 0.15) is 36.1 Å². The first-order valence-corrected chi connectivity index (χ1v) is 9.14. The Labute approximate surface area is 155 Å². The van der Waals surface area contributed by atoms with Crippen LogP contribution in [-0.4, -0.2) is 37.6 Å². The van der Waals surface area contributed by atoms with Crippen molar-refractivity contribution >= 4 is 5.91 Å². The topological polar surface area (TPSA) is 67.6 Å². The molecule has 0 unspecified atom stereocenters. The van der Waals surface area contributed by atoms with Crippen molar-refractivity contribution in [3.8, 4) is 5.75 Å². The molecule has 1 saturated heterocycles. The Kier molecular flexibility index (Phi) is 6.26. The van der Waals surface area contributed by atoms with Gasteiger partial charge in [-0.3, -0.25) is 9.69 Å². The van der Waals surface area contributed by atoms with Gasteiger partial charge in [-0.05, 0) is 49.2 Å². The maximum atomic E-state index is 12.0. The number of rotatable bonds is 8. The first-order chi connectivity index (χ1) is 12.7. The molecule has 5 nitrogen and oxygen atoms in total. The summed E-state index contributed by atoms with van der Waals surface area (Å²) in [6.07, 6.45) is 2.43. The molecule has 0 aromatic heterocycles. The first-order valence-electron chi connectivity index (χ1n) is 9.14. The largest absolute Gasteiger partial charge is 0.497 e. The summed E-state index contributed by atoms with van der Waals surface area (Å²) in [4.78, 5) is 14.5. The number of hydrogen-bond acceptors (Lipinski definition) is 4. The summed E-state index contributed by atoms with van der Waals surface area (Å²) in [6.45, 7) is 2.81. The SMILES string of the molecule is COc1ccc([C@@H](CN[C@@H](C(N)=O)c2ccccc2)N2CCCC2)cc1. The number of benzene rings is 2. The van der Waals surface area contributed by atoms with Gasteiger partial charge < -0.3 is 15.8 Å². The highest BCUT2D eigenvalue weighted by molar-refractivity contribution is 5.81. The predicted octanol–water partition coefficient (Wildman–Crippen LogP) is 2.65. The number of carbonyl (C=O) groups excluding carboxylic acids is 1. The van der Waals surface area contributed by atoms with E-state index in [4.69, 9.17) is 10.5 Å². The fourth-order valence-corrected chi connectivity index (χ4v) is 3.59. The number of methoxy groups -OCH3 is 1. The van der Waals surface area contributed by atoms with Crippen molar-refractivity contribution in [2.45, 2.75) is 24.9 Å². The number of ether oxygens (including phenoxy) is 1. The Morgan fingerprint density at radius 1 is 1.08 bits per heavy atom. The summed E-state index contributed by atoms with van der Waals surface area (Å²) in [5.74, 6) is 0.493. The van der Waals surface area contributed by atoms with E-state index in [0.29, 0.717) is 6.54 Å². The van der Waals surface area contributed by atoms with Crippen LogP contribution in [0.4, 0.5) is 0 Å². The molecule has 26 heavy (non-hydrogen) atoms. The van der Waals surface area contributed by atoms with E-state index in [1.165, 1.54) is 18.4 Å². The van der Waals surface area contributed by atoms with Crippen molar-refractivity contribution in [3.05, 3.63) is 65.7 Å². The molecular weight excluding hydrogens is 326 g/mol. The molecular formula is C21H27N3O2. The Bertz CT molecular complexity index is 697. The Morgan fingerprint density at radius 3 is 2.31 bits per heavy atom. The summed E-state index contributed by atoms with van der Waals surface area (Å²) in [5, 5.41) is 3.39. The quantitative estimate of drug-likeness (QED) is 0.766. The number of hydrogen-bond donors (Lipinski definition) is 2. The molecule has 1 amide bonds. The second-order valence-electron chi connectivity index (χ2n) is 6.69. The van der Waals surface area contributed by atoms with Gasteiger partial charge in [0.2, 0.25) is 5.91 Å². The zero-order valence-corrected chi connectivity index (χ0v) is 15.2. The van der Waals surface area contributed by atoms with E-state index < -0.39 is 6.04 Å². The normalized spacial score (nSPS) is 17.0. The summed E-state index contributed by atoms with van der Waals surface area (Å²) >= 11 is 0. The van der Waals surface area contributed by atoms with Crippen molar-refractivity contribution in [1.29, 1.82) is 0 Å². The maximum Gasteiger partial charge on any atom is 0.239 e. The van der Waals surface area contributed by atoms with Gasteiger partial charge in [-0.15, -0.1) is 0 Å². The van der Waals surface area contributed by atoms with Crippen molar-refractivity contribution in [2.75, 3.05) is 26.7 Å². The lowest BCUT2D eigenvalue weighted by Crippen LogP contribution is -2.40. The average Bonchev–Trinajstić information content (AvgIpc) is 3.20. The number of nitrogens with two attached hydrogens (primary N) is 1. The van der Waals surface area contributed by atoms with Gasteiger partial charge in [0.05, 0.1) is 7.11 Å². The fourth-order valence-electron chi connectivity index (χ4n) is 3.59. The van der Waals surface area contributed by atoms with Crippen LogP contribution in [-0.2, 0) is 4.79 Å². The minimum absolute atomic E-state index is 0.203. The van der Waals surface area contributed by atoms with E-state index in [2.05, 4.69) is 22.3 Å². The maximum absolute atomic E-state index is 12.0. The number of amides is 1. The van der Waals surface area contributed by atoms with Gasteiger partial charge in [0.15, 0.2) is 0 Å². The fraction of sp³-hybridized carbons (Fsp3) is 0.381. The van der Waals surface area contributed by atoms with Gasteiger partial charge in [0, 0.05) is 12.6 Å². The monoisotopic (exact) mass is 353 g/mol. The van der Waals surface area contributed by atoms with Crippen LogP contribution < -0.4 is 15.8 Å². The third-order valence-electron chi connectivity index (χ3n) is 5.01. The number of nitrogens with zero attached hydrogens (tertiary/aromatic N) is 1. The van der Waals surface area contributed by atoms with Crippen LogP contribution in [0.15, 0.2) is 54.6 Å². The Morgan fingerprint density at radius 2 is 1.73 bits per heavy atom. The molecule has 1 fully saturated rings. The highest BCUT2D eigenvalue weighted by atomic mass is 16.5. The standard InChI is InChI=1S/C21H27N3O2/c1-26-18-11-9-16(10-12-18)19(24-13-5-6-14-24)15-23-20(21(22)25)17-7-3-2-4-8-17/h2-4,7-12,19-20,23H,5-6,13-15H2,1H3,(H2,22,25)/t19-,20-/m1/s1. The molecule has 1 heterocycles. The highest BCUT2D eigenvalue weighted by Gasteiger charge is 2.26. The lowest BCUT2D eigenvalue weighted by atomic mass is 10.0. The van der Waals surface area contributed by atoms with Crippen LogP contribution in [0.3, 0.4) is 0 Å². The number of primary amides is 1. The summed E-state index contributed by atoms with van der Waals surface area (Å²) in [6, 6.07) is 17.5. The van der Waals surface area contributed by atoms with Crippen LogP contribution in [0, 0.1) is 0 Å². The molecule has 1 aliphatic rings. The van der Waals surface area contributed by atoms with E-state index in [1.807, 2.05) is 42.5 Å². The van der Waals surface area contributed by atoms with Gasteiger partial charge in [0.1, 0.15) is 11.8 Å². The lowest BCUT2D eigenvalue weighted by molar-refractivity contribution is -0.120. The third-order valence-corrected chi connectivity index (χ3v) is 5.01. The number of nitrogens with one attached hydrogen (secondary N) is 1. The van der Waals surface area contributed by atoms with Crippen LogP contribution in [0.25, 0.3) is 0 Å². The van der Waals surface area contributed by atoms with Crippen molar-refractivity contribution in [1.82, 2.24) is 10.2 Å². The minimum Gasteiger partial charge on any atom is -0.497 e. The van der Waals surface area contributed by atoms with Crippen molar-refractivity contribution in [2.24, 2.45) is 5.73 Å². The molecule has 0 saturated carbocycles. The van der Waals surface area contributed by atoms with Crippen molar-refractivity contribution in [3.63, 3.8) is 0 Å². The highest BCUT2D eigenvalue weighted by Crippen LogP contribution is 2.27. The van der Waals surface area contributed by atoms with E-state index in [9.17, 15) is 4.79 Å². The van der Waals surface area contributed by atoms with E-state index in [0.717, 1.165) is 24.4 Å². The molecule has 0 bridgehead atoms. The van der Waals surface area contributed by atoms with Gasteiger partial charge in [-0.25, -0.2) is 0 Å². The molecule has 2 aromatic carbocycles. The van der Waals surface area contributed by atoms with E-state index in [-0.39, 0.29) is 11.9 Å². The molecule has 0 aliphatic carbocycles. The van der Waals surface area contributed by atoms with Crippen LogP contribution in [0.5, 0.6) is 5.75 Å². The third kappa shape index (κ3) is 4.42. The number of likely N-dealkylation sites (tertiary alicyclic amines) is 1. The van der Waals surface area contributed by atoms with E-state index >= 15 is 0 Å². The minimum atomic E-state index is -0.487. The smallest absolute Gasteiger partial charge is 0.239 e. The van der Waals surface area contributed by atoms with Gasteiger partial charge in [0.25, 0.3) is 0 Å². The average molecular weight is 353 g/mol. The molecule has 2 atom stereocenters. The second-order valence-corrected chi connectivity index (χ2v) is 6.69. The molecule has 138 valence electrons. The zero-order valence-electron chi connectivity index (χ0n) is 15.2. The summed E-state index contributed by atoms with van der Waals surface area (Å²) in [5.41, 5.74) is 7.77. The second kappa shape index (κ2) is 8.83. The zero-order chi connectivity index (χ0) is 18.4. The van der Waals surface area contributed by atoms with Gasteiger partial charge in [-0.2, -0.15) is 0 Å². The molecule has 0 radical (unpaired) electrons. The van der Waals surface area contributed by atoms with Gasteiger partial charge >= 0.3 is 0 Å². The summed E-state index contributed by atoms with van der Waals surface area (Å²) in [7, 11) is 1.67. The van der Waals surface area contributed by atoms with E-state index in [1.54, 1.807) is 7.11 Å². The Hall–Kier alpha value is -2.37. The Balaban J connectivity index is 1.77. The summed E-state index contributed by atoms with van der Waals surface area (Å²) < 4.78 is 5.27. The van der Waals surface area contributed by atoms with Gasteiger partial charge in [-0.1, -0.05) is 42.5 Å². The van der Waals surface area contributed by atoms with Crippen LogP contribution in [0.2, 0.25) is 0 Å². The number of carbonyl (C=O) groups is 1. The molecule has 3 rings (SSSR count). The molecule has 1 aliphatic heterocycles.